The molecule has 35 heavy (non-hydrogen) atoms. The molecular formula is C25H27F2N5O3. The topological polar surface area (TPSA) is 100 Å². The molecule has 2 aromatic carbocycles. The molecule has 0 bridgehead atoms. The lowest BCUT2D eigenvalue weighted by atomic mass is 9.99. The molecule has 0 radical (unpaired) electrons. The molecule has 1 aromatic heterocycles. The summed E-state index contributed by atoms with van der Waals surface area (Å²) in [6.07, 6.45) is 5.25. The molecule has 0 saturated carbocycles. The summed E-state index contributed by atoms with van der Waals surface area (Å²) in [6, 6.07) is 9.43. The molecule has 0 spiro atoms. The highest BCUT2D eigenvalue weighted by molar-refractivity contribution is 5.90. The molecule has 1 saturated heterocycles. The van der Waals surface area contributed by atoms with Crippen LogP contribution in [-0.2, 0) is 22.4 Å². The third-order valence-electron chi connectivity index (χ3n) is 5.90. The highest BCUT2D eigenvalue weighted by atomic mass is 19.1. The molecule has 1 atom stereocenters. The number of aromatic amines is 1. The first kappa shape index (κ1) is 24.3. The van der Waals surface area contributed by atoms with Crippen molar-refractivity contribution in [2.75, 3.05) is 18.0 Å². The number of H-pyrrole nitrogens is 1. The summed E-state index contributed by atoms with van der Waals surface area (Å²) in [5, 5.41) is 13.0. The second-order valence-corrected chi connectivity index (χ2v) is 8.56. The van der Waals surface area contributed by atoms with E-state index in [0.717, 1.165) is 60.4 Å². The van der Waals surface area contributed by atoms with E-state index in [1.54, 1.807) is 18.3 Å². The van der Waals surface area contributed by atoms with Crippen molar-refractivity contribution in [3.63, 3.8) is 0 Å². The predicted molar refractivity (Wildman–Crippen MR) is 126 cm³/mol. The average molecular weight is 484 g/mol. The molecule has 8 nitrogen and oxygen atoms in total. The second kappa shape index (κ2) is 11.1. The van der Waals surface area contributed by atoms with E-state index < -0.39 is 23.8 Å². The normalized spacial score (nSPS) is 15.3. The Morgan fingerprint density at radius 2 is 1.86 bits per heavy atom. The van der Waals surface area contributed by atoms with Crippen LogP contribution in [0.3, 0.4) is 0 Å². The Hall–Kier alpha value is -3.82. The second-order valence-electron chi connectivity index (χ2n) is 8.56. The molecule has 4 rings (SSSR count). The van der Waals surface area contributed by atoms with Crippen LogP contribution in [0.2, 0.25) is 0 Å². The largest absolute Gasteiger partial charge is 0.442 e. The smallest absolute Gasteiger partial charge is 0.414 e. The van der Waals surface area contributed by atoms with Crippen molar-refractivity contribution >= 4 is 17.7 Å². The molecule has 0 aliphatic carbocycles. The van der Waals surface area contributed by atoms with E-state index in [1.807, 2.05) is 12.1 Å². The summed E-state index contributed by atoms with van der Waals surface area (Å²) < 4.78 is 35.1. The number of hydrogen-bond donors (Lipinski definition) is 2. The maximum atomic E-state index is 14.9. The van der Waals surface area contributed by atoms with Crippen LogP contribution in [0, 0.1) is 11.6 Å². The number of aromatic nitrogens is 3. The van der Waals surface area contributed by atoms with Gasteiger partial charge in [-0.3, -0.25) is 9.69 Å². The standard InChI is InChI=1S/C25H27F2N5O3/c1-16(33)28-14-21-15-32(25(34)35-21)20-11-22(26)24(23(27)12-20)18-9-7-17(8-10-18)5-3-2-4-6-19-13-29-31-30-19/h7-13,21H,2-6,14-15H2,1H3,(H,28,33)(H,29,30,31)/t21-/m0/s1. The lowest BCUT2D eigenvalue weighted by molar-refractivity contribution is -0.119. The molecule has 3 aromatic rings. The van der Waals surface area contributed by atoms with Crippen molar-refractivity contribution in [1.29, 1.82) is 0 Å². The molecule has 1 aliphatic rings. The lowest BCUT2D eigenvalue weighted by Gasteiger charge is -2.15. The third-order valence-corrected chi connectivity index (χ3v) is 5.90. The summed E-state index contributed by atoms with van der Waals surface area (Å²) >= 11 is 0. The maximum absolute atomic E-state index is 14.9. The fourth-order valence-electron chi connectivity index (χ4n) is 4.08. The van der Waals surface area contributed by atoms with Gasteiger partial charge in [-0.05, 0) is 48.9 Å². The van der Waals surface area contributed by atoms with Crippen molar-refractivity contribution in [2.24, 2.45) is 0 Å². The van der Waals surface area contributed by atoms with Crippen LogP contribution in [0.5, 0.6) is 0 Å². The van der Waals surface area contributed by atoms with Crippen molar-refractivity contribution in [1.82, 2.24) is 20.7 Å². The number of halogens is 2. The van der Waals surface area contributed by atoms with E-state index >= 15 is 0 Å². The summed E-state index contributed by atoms with van der Waals surface area (Å²) in [5.74, 6) is -1.78. The number of unbranched alkanes of at least 4 members (excludes halogenated alkanes) is 2. The molecular weight excluding hydrogens is 456 g/mol. The Balaban J connectivity index is 1.35. The Morgan fingerprint density at radius 3 is 2.51 bits per heavy atom. The Labute approximate surface area is 201 Å². The van der Waals surface area contributed by atoms with Crippen LogP contribution in [0.15, 0.2) is 42.6 Å². The van der Waals surface area contributed by atoms with Crippen molar-refractivity contribution in [2.45, 2.75) is 45.1 Å². The van der Waals surface area contributed by atoms with Crippen LogP contribution in [0.1, 0.15) is 37.4 Å². The quantitative estimate of drug-likeness (QED) is 0.422. The zero-order valence-corrected chi connectivity index (χ0v) is 19.4. The molecule has 1 fully saturated rings. The average Bonchev–Trinajstić information content (AvgIpc) is 3.47. The molecule has 1 aliphatic heterocycles. The monoisotopic (exact) mass is 483 g/mol. The number of anilines is 1. The Kier molecular flexibility index (Phi) is 7.69. The lowest BCUT2D eigenvalue weighted by Crippen LogP contribution is -2.33. The zero-order valence-electron chi connectivity index (χ0n) is 19.4. The number of carbonyl (C=O) groups is 2. The van der Waals surface area contributed by atoms with Gasteiger partial charge in [-0.2, -0.15) is 15.4 Å². The number of rotatable bonds is 10. The van der Waals surface area contributed by atoms with E-state index in [-0.39, 0.29) is 30.2 Å². The minimum absolute atomic E-state index is 0.0707. The van der Waals surface area contributed by atoms with E-state index in [2.05, 4.69) is 20.7 Å². The van der Waals surface area contributed by atoms with Gasteiger partial charge in [-0.1, -0.05) is 30.7 Å². The highest BCUT2D eigenvalue weighted by Gasteiger charge is 2.33. The van der Waals surface area contributed by atoms with Gasteiger partial charge in [0.15, 0.2) is 0 Å². The van der Waals surface area contributed by atoms with E-state index in [4.69, 9.17) is 4.74 Å². The number of hydrogen-bond acceptors (Lipinski definition) is 5. The van der Waals surface area contributed by atoms with Gasteiger partial charge in [0, 0.05) is 6.92 Å². The Morgan fingerprint density at radius 1 is 1.14 bits per heavy atom. The SMILES string of the molecule is CC(=O)NC[C@H]1CN(c2cc(F)c(-c3ccc(CCCCCc4cn[nH]n4)cc3)c(F)c2)C(=O)O1. The molecule has 10 heteroatoms. The van der Waals surface area contributed by atoms with E-state index in [0.29, 0.717) is 5.56 Å². The number of amides is 2. The fourth-order valence-corrected chi connectivity index (χ4v) is 4.08. The fraction of sp³-hybridized carbons (Fsp3) is 0.360. The molecule has 0 unspecified atom stereocenters. The first-order valence-corrected chi connectivity index (χ1v) is 11.6. The van der Waals surface area contributed by atoms with E-state index in [1.165, 1.54) is 6.92 Å². The van der Waals surface area contributed by atoms with Crippen LogP contribution < -0.4 is 10.2 Å². The summed E-state index contributed by atoms with van der Waals surface area (Å²) in [4.78, 5) is 24.4. The minimum Gasteiger partial charge on any atom is -0.442 e. The number of benzene rings is 2. The molecule has 184 valence electrons. The van der Waals surface area contributed by atoms with Gasteiger partial charge in [0.2, 0.25) is 5.91 Å². The van der Waals surface area contributed by atoms with Gasteiger partial charge >= 0.3 is 6.09 Å². The van der Waals surface area contributed by atoms with Crippen LogP contribution in [-0.4, -0.2) is 46.6 Å². The van der Waals surface area contributed by atoms with Gasteiger partial charge in [0.25, 0.3) is 0 Å². The van der Waals surface area contributed by atoms with Crippen LogP contribution in [0.4, 0.5) is 19.3 Å². The minimum atomic E-state index is -0.765. The summed E-state index contributed by atoms with van der Waals surface area (Å²) in [5.41, 5.74) is 2.40. The van der Waals surface area contributed by atoms with Crippen molar-refractivity contribution in [3.8, 4) is 11.1 Å². The number of nitrogens with zero attached hydrogens (tertiary/aromatic N) is 3. The first-order valence-electron chi connectivity index (χ1n) is 11.6. The van der Waals surface area contributed by atoms with Crippen LogP contribution in [0.25, 0.3) is 11.1 Å². The molecule has 2 N–H and O–H groups in total. The van der Waals surface area contributed by atoms with Gasteiger partial charge in [0.1, 0.15) is 17.7 Å². The first-order chi connectivity index (χ1) is 16.9. The van der Waals surface area contributed by atoms with Crippen LogP contribution >= 0.6 is 0 Å². The number of cyclic esters (lactones) is 1. The number of carbonyl (C=O) groups excluding carboxylic acids is 2. The molecule has 2 amide bonds. The highest BCUT2D eigenvalue weighted by Crippen LogP contribution is 2.32. The number of ether oxygens (including phenoxy) is 1. The zero-order chi connectivity index (χ0) is 24.8. The number of nitrogens with one attached hydrogen (secondary N) is 2. The van der Waals surface area contributed by atoms with Crippen molar-refractivity contribution < 1.29 is 23.1 Å². The van der Waals surface area contributed by atoms with Gasteiger partial charge < -0.3 is 10.1 Å². The molecule has 2 heterocycles. The van der Waals surface area contributed by atoms with E-state index in [9.17, 15) is 18.4 Å². The summed E-state index contributed by atoms with van der Waals surface area (Å²) in [6.45, 7) is 1.58. The maximum Gasteiger partial charge on any atom is 0.414 e. The summed E-state index contributed by atoms with van der Waals surface area (Å²) in [7, 11) is 0. The Bertz CT molecular complexity index is 1150. The van der Waals surface area contributed by atoms with Gasteiger partial charge in [-0.25, -0.2) is 13.6 Å². The van der Waals surface area contributed by atoms with Gasteiger partial charge in [0.05, 0.1) is 36.2 Å². The number of aryl methyl sites for hydroxylation is 2. The van der Waals surface area contributed by atoms with Crippen molar-refractivity contribution in [3.05, 3.63) is 65.5 Å². The predicted octanol–water partition coefficient (Wildman–Crippen LogP) is 4.17. The third kappa shape index (κ3) is 6.20. The van der Waals surface area contributed by atoms with Gasteiger partial charge in [-0.15, -0.1) is 0 Å².